The van der Waals surface area contributed by atoms with E-state index >= 15 is 0 Å². The molecule has 2 aromatic carbocycles. The number of carbonyl (C=O) groups is 1. The molecule has 3 rings (SSSR count). The van der Waals surface area contributed by atoms with Crippen LogP contribution in [0.1, 0.15) is 23.9 Å². The highest BCUT2D eigenvalue weighted by molar-refractivity contribution is 7.99. The number of amides is 1. The van der Waals surface area contributed by atoms with Crippen molar-refractivity contribution < 1.29 is 14.3 Å². The van der Waals surface area contributed by atoms with Crippen molar-refractivity contribution in [3.63, 3.8) is 0 Å². The Morgan fingerprint density at radius 2 is 1.81 bits per heavy atom. The summed E-state index contributed by atoms with van der Waals surface area (Å²) in [5.74, 6) is 2.86. The van der Waals surface area contributed by atoms with E-state index in [9.17, 15) is 4.79 Å². The van der Waals surface area contributed by atoms with E-state index in [2.05, 4.69) is 15.5 Å². The third kappa shape index (κ3) is 6.24. The van der Waals surface area contributed by atoms with Crippen LogP contribution in [-0.4, -0.2) is 40.1 Å². The van der Waals surface area contributed by atoms with E-state index in [-0.39, 0.29) is 12.3 Å². The van der Waals surface area contributed by atoms with Gasteiger partial charge in [0.05, 0.1) is 20.1 Å². The van der Waals surface area contributed by atoms with Crippen LogP contribution in [0.15, 0.2) is 47.6 Å². The molecule has 3 aromatic rings. The minimum atomic E-state index is -0.107. The van der Waals surface area contributed by atoms with Gasteiger partial charge in [-0.2, -0.15) is 0 Å². The molecule has 1 aromatic heterocycles. The van der Waals surface area contributed by atoms with E-state index in [0.717, 1.165) is 33.7 Å². The summed E-state index contributed by atoms with van der Waals surface area (Å²) in [7, 11) is 1.64. The van der Waals surface area contributed by atoms with Crippen molar-refractivity contribution >= 4 is 23.4 Å². The molecule has 0 fully saturated rings. The topological polar surface area (TPSA) is 78.3 Å². The number of carbonyl (C=O) groups excluding carboxylic acids is 1. The highest BCUT2D eigenvalue weighted by Gasteiger charge is 2.15. The number of rotatable bonds is 10. The van der Waals surface area contributed by atoms with E-state index < -0.39 is 0 Å². The molecule has 0 bridgehead atoms. The van der Waals surface area contributed by atoms with E-state index in [0.29, 0.717) is 19.0 Å². The van der Waals surface area contributed by atoms with Gasteiger partial charge < -0.3 is 19.4 Å². The van der Waals surface area contributed by atoms with Gasteiger partial charge in [-0.15, -0.1) is 10.2 Å². The van der Waals surface area contributed by atoms with Crippen molar-refractivity contribution in [3.8, 4) is 11.5 Å². The molecule has 0 radical (unpaired) electrons. The Bertz CT molecular complexity index is 1020. The maximum Gasteiger partial charge on any atom is 0.232 e. The van der Waals surface area contributed by atoms with Crippen LogP contribution in [0, 0.1) is 13.8 Å². The number of hydrogen-bond acceptors (Lipinski definition) is 6. The molecule has 164 valence electrons. The van der Waals surface area contributed by atoms with Gasteiger partial charge in [0.2, 0.25) is 5.91 Å². The van der Waals surface area contributed by atoms with Crippen molar-refractivity contribution in [2.24, 2.45) is 0 Å². The van der Waals surface area contributed by atoms with Gasteiger partial charge in [-0.25, -0.2) is 0 Å². The van der Waals surface area contributed by atoms with E-state index in [1.165, 1.54) is 5.56 Å². The van der Waals surface area contributed by atoms with Crippen LogP contribution in [0.2, 0.25) is 0 Å². The second-order valence-corrected chi connectivity index (χ2v) is 8.10. The van der Waals surface area contributed by atoms with Crippen LogP contribution < -0.4 is 14.8 Å². The average molecular weight is 441 g/mol. The summed E-state index contributed by atoms with van der Waals surface area (Å²) in [5.41, 5.74) is 3.13. The van der Waals surface area contributed by atoms with Crippen LogP contribution in [0.25, 0.3) is 0 Å². The average Bonchev–Trinajstić information content (AvgIpc) is 3.15. The lowest BCUT2D eigenvalue weighted by Gasteiger charge is -2.10. The third-order valence-electron chi connectivity index (χ3n) is 4.86. The number of methoxy groups -OCH3 is 1. The summed E-state index contributed by atoms with van der Waals surface area (Å²) in [6, 6.07) is 13.4. The molecule has 0 atom stereocenters. The number of nitrogens with one attached hydrogen (secondary N) is 1. The SMILES string of the molecule is CCn1c(CC(=O)Nc2ccc(C)c(C)c2)nnc1SCCOc1ccc(OC)cc1. The molecule has 7 nitrogen and oxygen atoms in total. The first-order valence-electron chi connectivity index (χ1n) is 10.2. The highest BCUT2D eigenvalue weighted by Crippen LogP contribution is 2.20. The van der Waals surface area contributed by atoms with Gasteiger partial charge in [0.25, 0.3) is 0 Å². The largest absolute Gasteiger partial charge is 0.497 e. The lowest BCUT2D eigenvalue weighted by atomic mass is 10.1. The second-order valence-electron chi connectivity index (χ2n) is 7.04. The molecule has 8 heteroatoms. The fraction of sp³-hybridized carbons (Fsp3) is 0.348. The maximum absolute atomic E-state index is 12.5. The summed E-state index contributed by atoms with van der Waals surface area (Å²) < 4.78 is 12.9. The van der Waals surface area contributed by atoms with Crippen LogP contribution in [-0.2, 0) is 17.8 Å². The number of aromatic nitrogens is 3. The zero-order valence-electron chi connectivity index (χ0n) is 18.3. The summed E-state index contributed by atoms with van der Waals surface area (Å²) in [6.07, 6.45) is 0.177. The fourth-order valence-corrected chi connectivity index (χ4v) is 3.84. The minimum Gasteiger partial charge on any atom is -0.497 e. The molecule has 0 aliphatic carbocycles. The molecular weight excluding hydrogens is 412 g/mol. The first-order chi connectivity index (χ1) is 15.0. The van der Waals surface area contributed by atoms with Crippen LogP contribution in [0.4, 0.5) is 5.69 Å². The Hall–Kier alpha value is -3.00. The zero-order valence-corrected chi connectivity index (χ0v) is 19.2. The van der Waals surface area contributed by atoms with Gasteiger partial charge in [-0.3, -0.25) is 4.79 Å². The van der Waals surface area contributed by atoms with Crippen molar-refractivity contribution in [2.75, 3.05) is 24.8 Å². The molecule has 0 saturated heterocycles. The van der Waals surface area contributed by atoms with Gasteiger partial charge in [-0.05, 0) is 68.3 Å². The smallest absolute Gasteiger partial charge is 0.232 e. The van der Waals surface area contributed by atoms with Gasteiger partial charge in [0.1, 0.15) is 17.3 Å². The van der Waals surface area contributed by atoms with E-state index in [1.807, 2.05) is 67.8 Å². The second kappa shape index (κ2) is 10.9. The van der Waals surface area contributed by atoms with Crippen molar-refractivity contribution in [1.82, 2.24) is 14.8 Å². The van der Waals surface area contributed by atoms with Gasteiger partial charge in [0.15, 0.2) is 5.16 Å². The van der Waals surface area contributed by atoms with Crippen LogP contribution >= 0.6 is 11.8 Å². The number of ether oxygens (including phenoxy) is 2. The Labute approximate surface area is 187 Å². The molecule has 0 unspecified atom stereocenters. The lowest BCUT2D eigenvalue weighted by Crippen LogP contribution is -2.17. The van der Waals surface area contributed by atoms with Gasteiger partial charge in [-0.1, -0.05) is 17.8 Å². The van der Waals surface area contributed by atoms with Crippen LogP contribution in [0.3, 0.4) is 0 Å². The monoisotopic (exact) mass is 440 g/mol. The number of aryl methyl sites for hydroxylation is 2. The van der Waals surface area contributed by atoms with Crippen molar-refractivity contribution in [2.45, 2.75) is 38.9 Å². The summed E-state index contributed by atoms with van der Waals surface area (Å²) in [5, 5.41) is 12.2. The molecule has 0 aliphatic heterocycles. The Kier molecular flexibility index (Phi) is 7.94. The third-order valence-corrected chi connectivity index (χ3v) is 5.79. The molecule has 0 spiro atoms. The van der Waals surface area contributed by atoms with E-state index in [1.54, 1.807) is 18.9 Å². The number of nitrogens with zero attached hydrogens (tertiary/aromatic N) is 3. The molecule has 0 aliphatic rings. The van der Waals surface area contributed by atoms with E-state index in [4.69, 9.17) is 9.47 Å². The standard InChI is InChI=1S/C23H28N4O3S/c1-5-27-21(15-22(28)24-18-7-6-16(2)17(3)14-18)25-26-23(27)31-13-12-30-20-10-8-19(29-4)9-11-20/h6-11,14H,5,12-13,15H2,1-4H3,(H,24,28). The number of thioether (sulfide) groups is 1. The molecule has 0 saturated carbocycles. The molecule has 1 amide bonds. The van der Waals surface area contributed by atoms with Gasteiger partial charge >= 0.3 is 0 Å². The van der Waals surface area contributed by atoms with Crippen LogP contribution in [0.5, 0.6) is 11.5 Å². The predicted octanol–water partition coefficient (Wildman–Crippen LogP) is 4.28. The normalized spacial score (nSPS) is 10.7. The molecule has 31 heavy (non-hydrogen) atoms. The molecular formula is C23H28N4O3S. The first-order valence-corrected chi connectivity index (χ1v) is 11.2. The number of benzene rings is 2. The zero-order chi connectivity index (χ0) is 22.2. The predicted molar refractivity (Wildman–Crippen MR) is 123 cm³/mol. The van der Waals surface area contributed by atoms with Gasteiger partial charge in [0, 0.05) is 18.0 Å². The lowest BCUT2D eigenvalue weighted by molar-refractivity contribution is -0.115. The molecule has 1 N–H and O–H groups in total. The molecule has 1 heterocycles. The highest BCUT2D eigenvalue weighted by atomic mass is 32.2. The quantitative estimate of drug-likeness (QED) is 0.375. The summed E-state index contributed by atoms with van der Waals surface area (Å²) >= 11 is 1.56. The first kappa shape index (κ1) is 22.7. The fourth-order valence-electron chi connectivity index (χ4n) is 3.01. The summed E-state index contributed by atoms with van der Waals surface area (Å²) in [4.78, 5) is 12.5. The Morgan fingerprint density at radius 1 is 1.06 bits per heavy atom. The number of hydrogen-bond donors (Lipinski definition) is 1. The summed E-state index contributed by atoms with van der Waals surface area (Å²) in [6.45, 7) is 7.33. The minimum absolute atomic E-state index is 0.107. The Balaban J connectivity index is 1.52. The van der Waals surface area contributed by atoms with Crippen molar-refractivity contribution in [3.05, 3.63) is 59.4 Å². The maximum atomic E-state index is 12.5. The Morgan fingerprint density at radius 3 is 2.48 bits per heavy atom. The van der Waals surface area contributed by atoms with Crippen molar-refractivity contribution in [1.29, 1.82) is 0 Å². The number of anilines is 1.